The molecule has 2 aromatic heterocycles. The summed E-state index contributed by atoms with van der Waals surface area (Å²) in [4.78, 5) is 4.29. The highest BCUT2D eigenvalue weighted by Gasteiger charge is 2.04. The number of halogens is 1. The van der Waals surface area contributed by atoms with Crippen molar-refractivity contribution in [1.29, 1.82) is 0 Å². The molecule has 2 rings (SSSR count). The fourth-order valence-corrected chi connectivity index (χ4v) is 1.90. The first-order valence-corrected chi connectivity index (χ1v) is 5.32. The highest BCUT2D eigenvalue weighted by Crippen LogP contribution is 2.26. The van der Waals surface area contributed by atoms with Crippen molar-refractivity contribution in [2.75, 3.05) is 12.4 Å². The molecule has 0 saturated heterocycles. The molecule has 0 atom stereocenters. The molecular formula is C10H11BrN4. The summed E-state index contributed by atoms with van der Waals surface area (Å²) >= 11 is 3.46. The molecule has 0 aliphatic rings. The first-order valence-electron chi connectivity index (χ1n) is 4.53. The number of hydrogen-bond donors (Lipinski definition) is 1. The largest absolute Gasteiger partial charge is 0.372 e. The van der Waals surface area contributed by atoms with Gasteiger partial charge in [-0.05, 0) is 22.0 Å². The highest BCUT2D eigenvalue weighted by atomic mass is 79.9. The van der Waals surface area contributed by atoms with E-state index in [1.807, 2.05) is 38.8 Å². The van der Waals surface area contributed by atoms with E-state index < -0.39 is 0 Å². The van der Waals surface area contributed by atoms with Gasteiger partial charge >= 0.3 is 0 Å². The van der Waals surface area contributed by atoms with Gasteiger partial charge in [0.1, 0.15) is 5.82 Å². The fraction of sp³-hybridized carbons (Fsp3) is 0.200. The normalized spacial score (nSPS) is 10.3. The van der Waals surface area contributed by atoms with E-state index in [2.05, 4.69) is 31.3 Å². The Morgan fingerprint density at radius 2 is 2.13 bits per heavy atom. The molecule has 0 bridgehead atoms. The summed E-state index contributed by atoms with van der Waals surface area (Å²) in [6.45, 7) is 0. The second kappa shape index (κ2) is 4.02. The third-order valence-electron chi connectivity index (χ3n) is 2.12. The number of aryl methyl sites for hydroxylation is 1. The van der Waals surface area contributed by atoms with Crippen molar-refractivity contribution in [3.63, 3.8) is 0 Å². The van der Waals surface area contributed by atoms with E-state index in [1.165, 1.54) is 0 Å². The van der Waals surface area contributed by atoms with E-state index in [0.29, 0.717) is 0 Å². The highest BCUT2D eigenvalue weighted by molar-refractivity contribution is 9.10. The van der Waals surface area contributed by atoms with Crippen molar-refractivity contribution in [3.8, 4) is 11.1 Å². The van der Waals surface area contributed by atoms with E-state index >= 15 is 0 Å². The molecule has 2 heterocycles. The van der Waals surface area contributed by atoms with Gasteiger partial charge in [-0.25, -0.2) is 4.98 Å². The predicted molar refractivity (Wildman–Crippen MR) is 63.7 cm³/mol. The Morgan fingerprint density at radius 1 is 1.33 bits per heavy atom. The van der Waals surface area contributed by atoms with Crippen LogP contribution in [0.1, 0.15) is 0 Å². The second-order valence-corrected chi connectivity index (χ2v) is 4.06. The van der Waals surface area contributed by atoms with E-state index in [-0.39, 0.29) is 0 Å². The topological polar surface area (TPSA) is 42.7 Å². The molecule has 0 aromatic carbocycles. The monoisotopic (exact) mass is 266 g/mol. The lowest BCUT2D eigenvalue weighted by atomic mass is 10.2. The number of pyridine rings is 1. The van der Waals surface area contributed by atoms with Crippen molar-refractivity contribution >= 4 is 21.7 Å². The number of anilines is 1. The maximum absolute atomic E-state index is 4.29. The maximum Gasteiger partial charge on any atom is 0.140 e. The number of nitrogens with one attached hydrogen (secondary N) is 1. The Kier molecular flexibility index (Phi) is 2.73. The molecule has 0 amide bonds. The minimum atomic E-state index is 0.836. The lowest BCUT2D eigenvalue weighted by Crippen LogP contribution is -1.93. The van der Waals surface area contributed by atoms with Crippen LogP contribution < -0.4 is 5.32 Å². The van der Waals surface area contributed by atoms with Crippen molar-refractivity contribution in [2.24, 2.45) is 7.05 Å². The lowest BCUT2D eigenvalue weighted by molar-refractivity contribution is 0.768. The van der Waals surface area contributed by atoms with E-state index in [9.17, 15) is 0 Å². The smallest absolute Gasteiger partial charge is 0.140 e. The summed E-state index contributed by atoms with van der Waals surface area (Å²) in [6, 6.07) is 2.02. The van der Waals surface area contributed by atoms with Gasteiger partial charge in [0.05, 0.1) is 10.7 Å². The van der Waals surface area contributed by atoms with Crippen molar-refractivity contribution in [3.05, 3.63) is 29.1 Å². The number of nitrogens with zero attached hydrogens (tertiary/aromatic N) is 3. The zero-order chi connectivity index (χ0) is 10.8. The SMILES string of the molecule is CNc1ncc(-c2cnn(C)c2)cc1Br. The lowest BCUT2D eigenvalue weighted by Gasteiger charge is -2.03. The van der Waals surface area contributed by atoms with Gasteiger partial charge in [0.15, 0.2) is 0 Å². The summed E-state index contributed by atoms with van der Waals surface area (Å²) in [5.41, 5.74) is 2.11. The third-order valence-corrected chi connectivity index (χ3v) is 2.72. The van der Waals surface area contributed by atoms with Gasteiger partial charge in [0.25, 0.3) is 0 Å². The molecular weight excluding hydrogens is 256 g/mol. The molecule has 0 fully saturated rings. The summed E-state index contributed by atoms with van der Waals surface area (Å²) in [5, 5.41) is 7.12. The third kappa shape index (κ3) is 2.02. The van der Waals surface area contributed by atoms with Crippen molar-refractivity contribution in [1.82, 2.24) is 14.8 Å². The Bertz CT molecular complexity index is 478. The van der Waals surface area contributed by atoms with Gasteiger partial charge in [0.2, 0.25) is 0 Å². The Morgan fingerprint density at radius 3 is 2.67 bits per heavy atom. The van der Waals surface area contributed by atoms with Crippen LogP contribution >= 0.6 is 15.9 Å². The van der Waals surface area contributed by atoms with Gasteiger partial charge in [0, 0.05) is 37.6 Å². The van der Waals surface area contributed by atoms with Crippen LogP contribution in [0.25, 0.3) is 11.1 Å². The van der Waals surface area contributed by atoms with E-state index in [4.69, 9.17) is 0 Å². The summed E-state index contributed by atoms with van der Waals surface area (Å²) in [7, 11) is 3.74. The molecule has 1 N–H and O–H groups in total. The zero-order valence-electron chi connectivity index (χ0n) is 8.53. The van der Waals surface area contributed by atoms with E-state index in [1.54, 1.807) is 4.68 Å². The summed E-state index contributed by atoms with van der Waals surface area (Å²) in [5.74, 6) is 0.836. The predicted octanol–water partition coefficient (Wildman–Crippen LogP) is 2.29. The zero-order valence-corrected chi connectivity index (χ0v) is 10.1. The average molecular weight is 267 g/mol. The van der Waals surface area contributed by atoms with Gasteiger partial charge in [-0.3, -0.25) is 4.68 Å². The average Bonchev–Trinajstić information content (AvgIpc) is 2.65. The molecule has 0 aliphatic carbocycles. The minimum absolute atomic E-state index is 0.836. The minimum Gasteiger partial charge on any atom is -0.372 e. The molecule has 78 valence electrons. The number of hydrogen-bond acceptors (Lipinski definition) is 3. The second-order valence-electron chi connectivity index (χ2n) is 3.21. The number of aromatic nitrogens is 3. The summed E-state index contributed by atoms with van der Waals surface area (Å²) in [6.07, 6.45) is 5.61. The van der Waals surface area contributed by atoms with Gasteiger partial charge in [-0.1, -0.05) is 0 Å². The quantitative estimate of drug-likeness (QED) is 0.907. The van der Waals surface area contributed by atoms with Gasteiger partial charge < -0.3 is 5.32 Å². The van der Waals surface area contributed by atoms with Gasteiger partial charge in [-0.2, -0.15) is 5.10 Å². The van der Waals surface area contributed by atoms with Crippen LogP contribution in [0, 0.1) is 0 Å². The molecule has 15 heavy (non-hydrogen) atoms. The Balaban J connectivity index is 2.42. The first kappa shape index (κ1) is 10.2. The van der Waals surface area contributed by atoms with Crippen LogP contribution in [0.4, 0.5) is 5.82 Å². The molecule has 0 spiro atoms. The number of rotatable bonds is 2. The molecule has 0 aliphatic heterocycles. The first-order chi connectivity index (χ1) is 7.20. The van der Waals surface area contributed by atoms with E-state index in [0.717, 1.165) is 21.4 Å². The van der Waals surface area contributed by atoms with Crippen LogP contribution in [0.15, 0.2) is 29.1 Å². The molecule has 4 nitrogen and oxygen atoms in total. The maximum atomic E-state index is 4.29. The van der Waals surface area contributed by atoms with Crippen molar-refractivity contribution in [2.45, 2.75) is 0 Å². The Labute approximate surface area is 96.5 Å². The van der Waals surface area contributed by atoms with Crippen LogP contribution in [0.2, 0.25) is 0 Å². The fourth-order valence-electron chi connectivity index (χ4n) is 1.35. The van der Waals surface area contributed by atoms with Crippen LogP contribution in [-0.2, 0) is 7.05 Å². The van der Waals surface area contributed by atoms with Crippen LogP contribution in [0.3, 0.4) is 0 Å². The molecule has 0 saturated carbocycles. The molecule has 0 radical (unpaired) electrons. The molecule has 2 aromatic rings. The summed E-state index contributed by atoms with van der Waals surface area (Å²) < 4.78 is 2.72. The molecule has 0 unspecified atom stereocenters. The Hall–Kier alpha value is -1.36. The standard InChI is InChI=1S/C10H11BrN4/c1-12-10-9(11)3-7(4-13-10)8-5-14-15(2)6-8/h3-6H,1-2H3,(H,12,13). The van der Waals surface area contributed by atoms with Crippen molar-refractivity contribution < 1.29 is 0 Å². The van der Waals surface area contributed by atoms with Crippen LogP contribution in [-0.4, -0.2) is 21.8 Å². The molecule has 5 heteroatoms. The van der Waals surface area contributed by atoms with Crippen LogP contribution in [0.5, 0.6) is 0 Å². The van der Waals surface area contributed by atoms with Gasteiger partial charge in [-0.15, -0.1) is 0 Å².